The smallest absolute Gasteiger partial charge is 0.111 e. The molecule has 0 spiro atoms. The quantitative estimate of drug-likeness (QED) is 0.381. The first-order chi connectivity index (χ1) is 9.58. The van der Waals surface area contributed by atoms with E-state index >= 15 is 0 Å². The SMILES string of the molecule is O[C@H]([C@H](O)[C@@H]1CO1)[C@H]1CO1.O[C@H]([C@H](O)[C@@H]1CO1)[C@H]1CO1. The summed E-state index contributed by atoms with van der Waals surface area (Å²) >= 11 is 0. The molecule has 0 amide bonds. The minimum absolute atomic E-state index is 0.154. The Balaban J connectivity index is 0.000000121. The number of ether oxygens (including phenoxy) is 4. The Labute approximate surface area is 115 Å². The van der Waals surface area contributed by atoms with Gasteiger partial charge in [-0.3, -0.25) is 0 Å². The monoisotopic (exact) mass is 292 g/mol. The van der Waals surface area contributed by atoms with Gasteiger partial charge < -0.3 is 39.4 Å². The number of hydrogen-bond acceptors (Lipinski definition) is 8. The van der Waals surface area contributed by atoms with Crippen molar-refractivity contribution in [2.75, 3.05) is 26.4 Å². The van der Waals surface area contributed by atoms with Crippen LogP contribution in [0.4, 0.5) is 0 Å². The van der Waals surface area contributed by atoms with Crippen molar-refractivity contribution >= 4 is 0 Å². The van der Waals surface area contributed by atoms with Gasteiger partial charge >= 0.3 is 0 Å². The van der Waals surface area contributed by atoms with E-state index in [-0.39, 0.29) is 24.4 Å². The van der Waals surface area contributed by atoms with E-state index in [0.29, 0.717) is 26.4 Å². The van der Waals surface area contributed by atoms with Crippen molar-refractivity contribution in [2.24, 2.45) is 0 Å². The molecule has 4 heterocycles. The van der Waals surface area contributed by atoms with Gasteiger partial charge in [0.1, 0.15) is 48.8 Å². The number of epoxide rings is 4. The van der Waals surface area contributed by atoms with E-state index in [1.165, 1.54) is 0 Å². The second-order valence-corrected chi connectivity index (χ2v) is 5.45. The van der Waals surface area contributed by atoms with Crippen LogP contribution in [0.25, 0.3) is 0 Å². The van der Waals surface area contributed by atoms with Gasteiger partial charge in [0.15, 0.2) is 0 Å². The van der Waals surface area contributed by atoms with Crippen molar-refractivity contribution in [1.29, 1.82) is 0 Å². The summed E-state index contributed by atoms with van der Waals surface area (Å²) < 4.78 is 19.2. The molecule has 8 nitrogen and oxygen atoms in total. The van der Waals surface area contributed by atoms with Crippen LogP contribution in [0, 0.1) is 0 Å². The van der Waals surface area contributed by atoms with E-state index in [0.717, 1.165) is 0 Å². The first-order valence-corrected chi connectivity index (χ1v) is 6.76. The Morgan fingerprint density at radius 3 is 0.750 bits per heavy atom. The third-order valence-corrected chi connectivity index (χ3v) is 3.66. The number of aliphatic hydroxyl groups excluding tert-OH is 4. The summed E-state index contributed by atoms with van der Waals surface area (Å²) in [4.78, 5) is 0. The molecule has 0 aromatic carbocycles. The Hall–Kier alpha value is -0.320. The van der Waals surface area contributed by atoms with Crippen molar-refractivity contribution in [2.45, 2.75) is 48.8 Å². The number of aliphatic hydroxyl groups is 4. The highest BCUT2D eigenvalue weighted by Gasteiger charge is 2.44. The summed E-state index contributed by atoms with van der Waals surface area (Å²) in [7, 11) is 0. The lowest BCUT2D eigenvalue weighted by Crippen LogP contribution is -2.35. The molecular formula is C12H20O8. The van der Waals surface area contributed by atoms with E-state index in [9.17, 15) is 20.4 Å². The zero-order chi connectivity index (χ0) is 14.3. The average Bonchev–Trinajstić information content (AvgIpc) is 3.33. The van der Waals surface area contributed by atoms with Crippen molar-refractivity contribution in [3.8, 4) is 0 Å². The van der Waals surface area contributed by atoms with E-state index in [4.69, 9.17) is 18.9 Å². The van der Waals surface area contributed by atoms with Crippen LogP contribution in [0.5, 0.6) is 0 Å². The van der Waals surface area contributed by atoms with E-state index in [2.05, 4.69) is 0 Å². The fourth-order valence-electron chi connectivity index (χ4n) is 1.89. The maximum atomic E-state index is 9.21. The van der Waals surface area contributed by atoms with Gasteiger partial charge in [-0.05, 0) is 0 Å². The summed E-state index contributed by atoms with van der Waals surface area (Å²) in [5, 5.41) is 36.9. The van der Waals surface area contributed by atoms with Crippen LogP contribution in [0.1, 0.15) is 0 Å². The van der Waals surface area contributed by atoms with Crippen LogP contribution in [0.3, 0.4) is 0 Å². The summed E-state index contributed by atoms with van der Waals surface area (Å²) in [6.07, 6.45) is -3.64. The molecule has 8 heteroatoms. The molecule has 116 valence electrons. The molecule has 4 fully saturated rings. The Morgan fingerprint density at radius 1 is 0.500 bits per heavy atom. The molecule has 4 N–H and O–H groups in total. The minimum Gasteiger partial charge on any atom is -0.388 e. The van der Waals surface area contributed by atoms with Gasteiger partial charge in [0.25, 0.3) is 0 Å². The third-order valence-electron chi connectivity index (χ3n) is 3.66. The summed E-state index contributed by atoms with van der Waals surface area (Å²) in [6.45, 7) is 2.24. The second-order valence-electron chi connectivity index (χ2n) is 5.45. The predicted octanol–water partition coefficient (Wildman–Crippen LogP) is -2.99. The predicted molar refractivity (Wildman–Crippen MR) is 63.0 cm³/mol. The number of rotatable bonds is 6. The van der Waals surface area contributed by atoms with Crippen molar-refractivity contribution in [3.63, 3.8) is 0 Å². The zero-order valence-electron chi connectivity index (χ0n) is 10.9. The molecule has 4 aliphatic heterocycles. The third kappa shape index (κ3) is 3.86. The van der Waals surface area contributed by atoms with Gasteiger partial charge in [-0.25, -0.2) is 0 Å². The Bertz CT molecular complexity index is 259. The van der Waals surface area contributed by atoms with Crippen molar-refractivity contribution in [1.82, 2.24) is 0 Å². The lowest BCUT2D eigenvalue weighted by molar-refractivity contribution is -0.0116. The van der Waals surface area contributed by atoms with Crippen LogP contribution in [0.15, 0.2) is 0 Å². The van der Waals surface area contributed by atoms with Crippen LogP contribution in [-0.2, 0) is 18.9 Å². The van der Waals surface area contributed by atoms with Crippen LogP contribution < -0.4 is 0 Å². The van der Waals surface area contributed by atoms with Gasteiger partial charge in [-0.1, -0.05) is 0 Å². The fourth-order valence-corrected chi connectivity index (χ4v) is 1.89. The highest BCUT2D eigenvalue weighted by Crippen LogP contribution is 2.24. The normalized spacial score (nSPS) is 42.6. The molecule has 4 saturated heterocycles. The average molecular weight is 292 g/mol. The Morgan fingerprint density at radius 2 is 0.650 bits per heavy atom. The molecule has 0 unspecified atom stereocenters. The topological polar surface area (TPSA) is 131 Å². The van der Waals surface area contributed by atoms with Gasteiger partial charge in [0.2, 0.25) is 0 Å². The van der Waals surface area contributed by atoms with E-state index < -0.39 is 24.4 Å². The molecule has 4 aliphatic rings. The Kier molecular flexibility index (Phi) is 4.25. The number of hydrogen-bond donors (Lipinski definition) is 4. The molecule has 0 radical (unpaired) electrons. The molecule has 0 saturated carbocycles. The minimum atomic E-state index is -0.757. The van der Waals surface area contributed by atoms with Crippen molar-refractivity contribution < 1.29 is 39.4 Å². The van der Waals surface area contributed by atoms with Gasteiger partial charge in [-0.2, -0.15) is 0 Å². The molecule has 0 aromatic rings. The highest BCUT2D eigenvalue weighted by molar-refractivity contribution is 4.92. The second kappa shape index (κ2) is 5.82. The van der Waals surface area contributed by atoms with Gasteiger partial charge in [0, 0.05) is 0 Å². The fraction of sp³-hybridized carbons (Fsp3) is 1.00. The molecule has 0 bridgehead atoms. The van der Waals surface area contributed by atoms with Crippen LogP contribution >= 0.6 is 0 Å². The molecule has 0 aromatic heterocycles. The molecule has 8 atom stereocenters. The largest absolute Gasteiger partial charge is 0.388 e. The zero-order valence-corrected chi connectivity index (χ0v) is 10.9. The van der Waals surface area contributed by atoms with Gasteiger partial charge in [-0.15, -0.1) is 0 Å². The maximum Gasteiger partial charge on any atom is 0.111 e. The lowest BCUT2D eigenvalue weighted by Gasteiger charge is -2.12. The summed E-state index contributed by atoms with van der Waals surface area (Å²) in [6, 6.07) is 0. The van der Waals surface area contributed by atoms with E-state index in [1.807, 2.05) is 0 Å². The first-order valence-electron chi connectivity index (χ1n) is 6.76. The lowest BCUT2D eigenvalue weighted by atomic mass is 10.1. The highest BCUT2D eigenvalue weighted by atomic mass is 16.6. The maximum absolute atomic E-state index is 9.21. The molecule has 0 aliphatic carbocycles. The van der Waals surface area contributed by atoms with E-state index in [1.54, 1.807) is 0 Å². The summed E-state index contributed by atoms with van der Waals surface area (Å²) in [5.74, 6) is 0. The first kappa shape index (κ1) is 14.6. The molecular weight excluding hydrogens is 272 g/mol. The molecule has 20 heavy (non-hydrogen) atoms. The standard InChI is InChI=1S/2C6H10O4/c2*7-5(3-1-9-3)6(8)4-2-10-4/h2*3-8H,1-2H2/t2*3-,4+,5+,6-. The molecule has 4 rings (SSSR count). The van der Waals surface area contributed by atoms with Crippen LogP contribution in [0.2, 0.25) is 0 Å². The van der Waals surface area contributed by atoms with Gasteiger partial charge in [0.05, 0.1) is 26.4 Å². The van der Waals surface area contributed by atoms with Crippen molar-refractivity contribution in [3.05, 3.63) is 0 Å². The van der Waals surface area contributed by atoms with Crippen LogP contribution in [-0.4, -0.2) is 95.7 Å². The summed E-state index contributed by atoms with van der Waals surface area (Å²) in [5.41, 5.74) is 0.